The Bertz CT molecular complexity index is 360. The van der Waals surface area contributed by atoms with E-state index in [0.29, 0.717) is 0 Å². The maximum absolute atomic E-state index is 9.32. The Morgan fingerprint density at radius 2 is 1.88 bits per heavy atom. The normalized spacial score (nSPS) is 19.1. The fourth-order valence-corrected chi connectivity index (χ4v) is 2.35. The van der Waals surface area contributed by atoms with Crippen LogP contribution in [0.3, 0.4) is 0 Å². The predicted molar refractivity (Wildman–Crippen MR) is 70.7 cm³/mol. The Kier molecular flexibility index (Phi) is 4.35. The van der Waals surface area contributed by atoms with Gasteiger partial charge in [0.25, 0.3) is 0 Å². The van der Waals surface area contributed by atoms with Crippen LogP contribution in [0, 0.1) is 0 Å². The van der Waals surface area contributed by atoms with Crippen molar-refractivity contribution < 1.29 is 5.11 Å². The molecule has 1 aliphatic heterocycles. The first-order valence-electron chi connectivity index (χ1n) is 6.38. The number of rotatable bonds is 3. The molecule has 0 saturated carbocycles. The van der Waals surface area contributed by atoms with E-state index in [9.17, 15) is 5.11 Å². The summed E-state index contributed by atoms with van der Waals surface area (Å²) in [5.74, 6) is 0. The molecular weight excluding hydrogens is 210 g/mol. The van der Waals surface area contributed by atoms with Crippen LogP contribution in [0.2, 0.25) is 0 Å². The molecule has 92 valence electrons. The molecule has 2 rings (SSSR count). The summed E-state index contributed by atoms with van der Waals surface area (Å²) in [5.41, 5.74) is 2.79. The highest BCUT2D eigenvalue weighted by Gasteiger charge is 2.14. The van der Waals surface area contributed by atoms with Crippen molar-refractivity contribution in [2.24, 2.45) is 0 Å². The highest BCUT2D eigenvalue weighted by molar-refractivity contribution is 5.15. The van der Waals surface area contributed by atoms with E-state index in [1.165, 1.54) is 11.1 Å². The predicted octanol–water partition coefficient (Wildman–Crippen LogP) is 2.59. The maximum Gasteiger partial charge on any atom is 0.0695 e. The third kappa shape index (κ3) is 3.99. The number of aliphatic hydroxyl groups is 1. The average molecular weight is 231 g/mol. The van der Waals surface area contributed by atoms with Gasteiger partial charge in [0.2, 0.25) is 0 Å². The number of hydrogen-bond acceptors (Lipinski definition) is 2. The summed E-state index contributed by atoms with van der Waals surface area (Å²) in [7, 11) is 0. The van der Waals surface area contributed by atoms with Gasteiger partial charge in [-0.1, -0.05) is 42.0 Å². The van der Waals surface area contributed by atoms with E-state index in [-0.39, 0.29) is 6.10 Å². The number of piperidine rings is 1. The van der Waals surface area contributed by atoms with Crippen LogP contribution in [0.4, 0.5) is 0 Å². The first-order chi connectivity index (χ1) is 8.24. The van der Waals surface area contributed by atoms with Crippen LogP contribution >= 0.6 is 0 Å². The first-order valence-corrected chi connectivity index (χ1v) is 6.38. The largest absolute Gasteiger partial charge is 0.389 e. The standard InChI is InChI=1S/C15H21NO/c1-13(17)11-14-7-9-16(10-8-14)12-15-5-3-2-4-6-15/h2-6,11,13,17H,7-10,12H2,1H3. The average Bonchev–Trinajstić information content (AvgIpc) is 2.32. The van der Waals surface area contributed by atoms with Crippen molar-refractivity contribution >= 4 is 0 Å². The number of aliphatic hydroxyl groups excluding tert-OH is 1. The molecule has 1 aromatic rings. The lowest BCUT2D eigenvalue weighted by Crippen LogP contribution is -2.30. The minimum absolute atomic E-state index is 0.300. The van der Waals surface area contributed by atoms with Crippen molar-refractivity contribution in [2.45, 2.75) is 32.4 Å². The summed E-state index contributed by atoms with van der Waals surface area (Å²) < 4.78 is 0. The molecule has 0 spiro atoms. The highest BCUT2D eigenvalue weighted by Crippen LogP contribution is 2.18. The van der Waals surface area contributed by atoms with Crippen LogP contribution < -0.4 is 0 Å². The van der Waals surface area contributed by atoms with E-state index in [4.69, 9.17) is 0 Å². The second kappa shape index (κ2) is 5.99. The van der Waals surface area contributed by atoms with Gasteiger partial charge in [-0.2, -0.15) is 0 Å². The molecule has 1 unspecified atom stereocenters. The summed E-state index contributed by atoms with van der Waals surface area (Å²) in [6.07, 6.45) is 3.89. The van der Waals surface area contributed by atoms with Gasteiger partial charge in [0.15, 0.2) is 0 Å². The van der Waals surface area contributed by atoms with E-state index < -0.39 is 0 Å². The summed E-state index contributed by atoms with van der Waals surface area (Å²) in [6, 6.07) is 10.6. The molecule has 17 heavy (non-hydrogen) atoms. The molecule has 0 radical (unpaired) electrons. The van der Waals surface area contributed by atoms with Gasteiger partial charge in [0, 0.05) is 19.6 Å². The Balaban J connectivity index is 1.84. The quantitative estimate of drug-likeness (QED) is 0.808. The summed E-state index contributed by atoms with van der Waals surface area (Å²) in [5, 5.41) is 9.32. The van der Waals surface area contributed by atoms with Gasteiger partial charge in [-0.15, -0.1) is 0 Å². The van der Waals surface area contributed by atoms with Crippen molar-refractivity contribution in [1.82, 2.24) is 4.90 Å². The second-order valence-electron chi connectivity index (χ2n) is 4.83. The number of benzene rings is 1. The zero-order valence-electron chi connectivity index (χ0n) is 10.5. The lowest BCUT2D eigenvalue weighted by atomic mass is 10.0. The molecule has 1 N–H and O–H groups in total. The van der Waals surface area contributed by atoms with Crippen LogP contribution in [-0.4, -0.2) is 29.2 Å². The van der Waals surface area contributed by atoms with Crippen LogP contribution in [0.5, 0.6) is 0 Å². The van der Waals surface area contributed by atoms with Gasteiger partial charge < -0.3 is 5.11 Å². The maximum atomic E-state index is 9.32. The molecule has 1 fully saturated rings. The van der Waals surface area contributed by atoms with E-state index >= 15 is 0 Å². The molecule has 1 aromatic carbocycles. The Hall–Kier alpha value is -1.12. The topological polar surface area (TPSA) is 23.5 Å². The van der Waals surface area contributed by atoms with Crippen LogP contribution in [-0.2, 0) is 6.54 Å². The van der Waals surface area contributed by atoms with Gasteiger partial charge in [-0.25, -0.2) is 0 Å². The molecule has 1 atom stereocenters. The van der Waals surface area contributed by atoms with E-state index in [0.717, 1.165) is 32.5 Å². The third-order valence-corrected chi connectivity index (χ3v) is 3.22. The van der Waals surface area contributed by atoms with Crippen LogP contribution in [0.15, 0.2) is 42.0 Å². The fraction of sp³-hybridized carbons (Fsp3) is 0.467. The smallest absolute Gasteiger partial charge is 0.0695 e. The SMILES string of the molecule is CC(O)C=C1CCN(Cc2ccccc2)CC1. The lowest BCUT2D eigenvalue weighted by molar-refractivity contribution is 0.231. The molecule has 0 amide bonds. The van der Waals surface area contributed by atoms with E-state index in [1.807, 2.05) is 13.0 Å². The molecule has 0 bridgehead atoms. The monoisotopic (exact) mass is 231 g/mol. The molecule has 0 aromatic heterocycles. The molecule has 1 saturated heterocycles. The Labute approximate surface area is 104 Å². The summed E-state index contributed by atoms with van der Waals surface area (Å²) >= 11 is 0. The summed E-state index contributed by atoms with van der Waals surface area (Å²) in [4.78, 5) is 2.48. The van der Waals surface area contributed by atoms with Gasteiger partial charge >= 0.3 is 0 Å². The van der Waals surface area contributed by atoms with Gasteiger partial charge in [0.1, 0.15) is 0 Å². The molecular formula is C15H21NO. The Morgan fingerprint density at radius 3 is 2.47 bits per heavy atom. The molecule has 2 nitrogen and oxygen atoms in total. The molecule has 1 aliphatic rings. The number of nitrogens with zero attached hydrogens (tertiary/aromatic N) is 1. The van der Waals surface area contributed by atoms with Crippen molar-refractivity contribution in [3.63, 3.8) is 0 Å². The van der Waals surface area contributed by atoms with Gasteiger partial charge in [-0.3, -0.25) is 4.90 Å². The zero-order chi connectivity index (χ0) is 12.1. The van der Waals surface area contributed by atoms with E-state index in [2.05, 4.69) is 35.2 Å². The zero-order valence-corrected chi connectivity index (χ0v) is 10.5. The van der Waals surface area contributed by atoms with Crippen molar-refractivity contribution in [3.05, 3.63) is 47.5 Å². The third-order valence-electron chi connectivity index (χ3n) is 3.22. The summed E-state index contributed by atoms with van der Waals surface area (Å²) in [6.45, 7) is 5.08. The van der Waals surface area contributed by atoms with Crippen molar-refractivity contribution in [3.8, 4) is 0 Å². The highest BCUT2D eigenvalue weighted by atomic mass is 16.3. The second-order valence-corrected chi connectivity index (χ2v) is 4.83. The molecule has 1 heterocycles. The van der Waals surface area contributed by atoms with Crippen LogP contribution in [0.1, 0.15) is 25.3 Å². The van der Waals surface area contributed by atoms with Gasteiger partial charge in [0.05, 0.1) is 6.10 Å². The molecule has 2 heteroatoms. The van der Waals surface area contributed by atoms with E-state index in [1.54, 1.807) is 0 Å². The number of likely N-dealkylation sites (tertiary alicyclic amines) is 1. The number of hydrogen-bond donors (Lipinski definition) is 1. The van der Waals surface area contributed by atoms with Crippen molar-refractivity contribution in [2.75, 3.05) is 13.1 Å². The lowest BCUT2D eigenvalue weighted by Gasteiger charge is -2.28. The molecule has 0 aliphatic carbocycles. The minimum atomic E-state index is -0.300. The Morgan fingerprint density at radius 1 is 1.24 bits per heavy atom. The fourth-order valence-electron chi connectivity index (χ4n) is 2.35. The minimum Gasteiger partial charge on any atom is -0.389 e. The van der Waals surface area contributed by atoms with Gasteiger partial charge in [-0.05, 0) is 25.3 Å². The first kappa shape index (κ1) is 12.3. The van der Waals surface area contributed by atoms with Crippen LogP contribution in [0.25, 0.3) is 0 Å². The van der Waals surface area contributed by atoms with Crippen molar-refractivity contribution in [1.29, 1.82) is 0 Å².